The Morgan fingerprint density at radius 1 is 1.18 bits per heavy atom. The molecule has 2 rings (SSSR count). The topological polar surface area (TPSA) is 69.7 Å². The standard InChI is InChI=1S/C10H19N3O3S/c1-10(2)9(14)11-5-8-13(10)17(15,16)12-6-3-4-7-12/h3-8H2,1-2H3,(H,11,14). The molecule has 0 aromatic heterocycles. The van der Waals surface area contributed by atoms with Crippen molar-refractivity contribution in [3.05, 3.63) is 0 Å². The molecule has 1 N–H and O–H groups in total. The van der Waals surface area contributed by atoms with Gasteiger partial charge in [-0.3, -0.25) is 4.79 Å². The number of hydrogen-bond donors (Lipinski definition) is 1. The van der Waals surface area contributed by atoms with Gasteiger partial charge in [0.2, 0.25) is 5.91 Å². The van der Waals surface area contributed by atoms with Crippen LogP contribution in [0.25, 0.3) is 0 Å². The van der Waals surface area contributed by atoms with E-state index in [0.29, 0.717) is 26.2 Å². The van der Waals surface area contributed by atoms with Crippen molar-refractivity contribution in [3.63, 3.8) is 0 Å². The Balaban J connectivity index is 2.28. The molecule has 2 saturated heterocycles. The van der Waals surface area contributed by atoms with Crippen molar-refractivity contribution in [2.45, 2.75) is 32.2 Å². The molecular formula is C10H19N3O3S. The van der Waals surface area contributed by atoms with Gasteiger partial charge in [-0.15, -0.1) is 0 Å². The van der Waals surface area contributed by atoms with Crippen LogP contribution < -0.4 is 5.32 Å². The van der Waals surface area contributed by atoms with E-state index >= 15 is 0 Å². The minimum Gasteiger partial charge on any atom is -0.353 e. The van der Waals surface area contributed by atoms with Crippen molar-refractivity contribution < 1.29 is 13.2 Å². The first-order chi connectivity index (χ1) is 7.87. The van der Waals surface area contributed by atoms with Gasteiger partial charge in [-0.2, -0.15) is 17.0 Å². The molecule has 0 bridgehead atoms. The molecule has 0 atom stereocenters. The lowest BCUT2D eigenvalue weighted by molar-refractivity contribution is -0.131. The van der Waals surface area contributed by atoms with Crippen LogP contribution in [0, 0.1) is 0 Å². The van der Waals surface area contributed by atoms with Gasteiger partial charge >= 0.3 is 0 Å². The average Bonchev–Trinajstić information content (AvgIpc) is 2.75. The highest BCUT2D eigenvalue weighted by Crippen LogP contribution is 2.25. The van der Waals surface area contributed by atoms with E-state index in [1.54, 1.807) is 13.8 Å². The largest absolute Gasteiger partial charge is 0.353 e. The molecule has 2 aliphatic rings. The predicted molar refractivity (Wildman–Crippen MR) is 63.5 cm³/mol. The Labute approximate surface area is 102 Å². The Morgan fingerprint density at radius 3 is 2.35 bits per heavy atom. The second kappa shape index (κ2) is 4.22. The summed E-state index contributed by atoms with van der Waals surface area (Å²) >= 11 is 0. The van der Waals surface area contributed by atoms with Crippen LogP contribution in [-0.4, -0.2) is 54.7 Å². The highest BCUT2D eigenvalue weighted by molar-refractivity contribution is 7.86. The first kappa shape index (κ1) is 12.8. The third-order valence-corrected chi connectivity index (χ3v) is 5.66. The SMILES string of the molecule is CC1(C)C(=O)NCCN1S(=O)(=O)N1CCCC1. The molecule has 98 valence electrons. The molecule has 0 unspecified atom stereocenters. The van der Waals surface area contributed by atoms with Crippen LogP contribution in [0.1, 0.15) is 26.7 Å². The zero-order valence-corrected chi connectivity index (χ0v) is 11.1. The molecule has 0 spiro atoms. The summed E-state index contributed by atoms with van der Waals surface area (Å²) in [5.41, 5.74) is -1.00. The lowest BCUT2D eigenvalue weighted by Gasteiger charge is -2.41. The summed E-state index contributed by atoms with van der Waals surface area (Å²) in [6, 6.07) is 0. The first-order valence-electron chi connectivity index (χ1n) is 5.93. The van der Waals surface area contributed by atoms with E-state index < -0.39 is 15.7 Å². The third kappa shape index (κ3) is 2.07. The number of carbonyl (C=O) groups excluding carboxylic acids is 1. The summed E-state index contributed by atoms with van der Waals surface area (Å²) in [4.78, 5) is 11.8. The normalized spacial score (nSPS) is 27.1. The monoisotopic (exact) mass is 261 g/mol. The highest BCUT2D eigenvalue weighted by Gasteiger charge is 2.46. The van der Waals surface area contributed by atoms with Crippen molar-refractivity contribution in [3.8, 4) is 0 Å². The van der Waals surface area contributed by atoms with Crippen molar-refractivity contribution in [1.29, 1.82) is 0 Å². The van der Waals surface area contributed by atoms with Gasteiger partial charge in [0, 0.05) is 26.2 Å². The zero-order chi connectivity index (χ0) is 12.7. The Hall–Kier alpha value is -0.660. The van der Waals surface area contributed by atoms with Crippen molar-refractivity contribution in [2.24, 2.45) is 0 Å². The second-order valence-electron chi connectivity index (χ2n) is 5.00. The summed E-state index contributed by atoms with van der Waals surface area (Å²) in [7, 11) is -3.50. The molecule has 7 heteroatoms. The molecule has 0 aliphatic carbocycles. The van der Waals surface area contributed by atoms with E-state index in [-0.39, 0.29) is 5.91 Å². The maximum Gasteiger partial charge on any atom is 0.283 e. The van der Waals surface area contributed by atoms with Gasteiger partial charge in [0.15, 0.2) is 0 Å². The maximum absolute atomic E-state index is 12.4. The van der Waals surface area contributed by atoms with Crippen LogP contribution in [0.2, 0.25) is 0 Å². The Morgan fingerprint density at radius 2 is 1.76 bits per heavy atom. The predicted octanol–water partition coefficient (Wildman–Crippen LogP) is -0.463. The fourth-order valence-electron chi connectivity index (χ4n) is 2.34. The van der Waals surface area contributed by atoms with Crippen molar-refractivity contribution in [1.82, 2.24) is 13.9 Å². The molecular weight excluding hydrogens is 242 g/mol. The Kier molecular flexibility index (Phi) is 3.17. The van der Waals surface area contributed by atoms with Gasteiger partial charge in [-0.1, -0.05) is 0 Å². The molecule has 0 saturated carbocycles. The van der Waals surface area contributed by atoms with E-state index in [9.17, 15) is 13.2 Å². The van der Waals surface area contributed by atoms with Crippen LogP contribution in [0.15, 0.2) is 0 Å². The summed E-state index contributed by atoms with van der Waals surface area (Å²) in [5.74, 6) is -0.230. The van der Waals surface area contributed by atoms with Crippen LogP contribution in [0.4, 0.5) is 0 Å². The van der Waals surface area contributed by atoms with Gasteiger partial charge < -0.3 is 5.32 Å². The maximum atomic E-state index is 12.4. The molecule has 0 aromatic carbocycles. The molecule has 2 heterocycles. The van der Waals surface area contributed by atoms with E-state index in [1.165, 1.54) is 8.61 Å². The molecule has 0 aromatic rings. The lowest BCUT2D eigenvalue weighted by Crippen LogP contribution is -2.65. The molecule has 0 radical (unpaired) electrons. The van der Waals surface area contributed by atoms with E-state index in [1.807, 2.05) is 0 Å². The number of nitrogens with one attached hydrogen (secondary N) is 1. The molecule has 2 aliphatic heterocycles. The van der Waals surface area contributed by atoms with Gasteiger partial charge in [0.25, 0.3) is 10.2 Å². The molecule has 6 nitrogen and oxygen atoms in total. The highest BCUT2D eigenvalue weighted by atomic mass is 32.2. The van der Waals surface area contributed by atoms with Gasteiger partial charge in [-0.05, 0) is 26.7 Å². The smallest absolute Gasteiger partial charge is 0.283 e. The number of carbonyl (C=O) groups is 1. The van der Waals surface area contributed by atoms with E-state index in [4.69, 9.17) is 0 Å². The number of rotatable bonds is 2. The summed E-state index contributed by atoms with van der Waals surface area (Å²) in [6.45, 7) is 5.16. The van der Waals surface area contributed by atoms with Gasteiger partial charge in [0.05, 0.1) is 0 Å². The Bertz CT molecular complexity index is 413. The van der Waals surface area contributed by atoms with E-state index in [2.05, 4.69) is 5.32 Å². The van der Waals surface area contributed by atoms with Crippen LogP contribution >= 0.6 is 0 Å². The quantitative estimate of drug-likeness (QED) is 0.731. The number of hydrogen-bond acceptors (Lipinski definition) is 3. The minimum atomic E-state index is -3.50. The lowest BCUT2D eigenvalue weighted by atomic mass is 10.0. The number of amides is 1. The van der Waals surface area contributed by atoms with Crippen LogP contribution in [0.3, 0.4) is 0 Å². The third-order valence-electron chi connectivity index (χ3n) is 3.45. The summed E-state index contributed by atoms with van der Waals surface area (Å²) < 4.78 is 27.6. The van der Waals surface area contributed by atoms with Crippen molar-refractivity contribution >= 4 is 16.1 Å². The summed E-state index contributed by atoms with van der Waals surface area (Å²) in [5, 5.41) is 2.70. The first-order valence-corrected chi connectivity index (χ1v) is 7.33. The molecule has 2 fully saturated rings. The minimum absolute atomic E-state index is 0.230. The zero-order valence-electron chi connectivity index (χ0n) is 10.3. The number of nitrogens with zero attached hydrogens (tertiary/aromatic N) is 2. The fourth-order valence-corrected chi connectivity index (χ4v) is 4.32. The molecule has 1 amide bonds. The van der Waals surface area contributed by atoms with Crippen LogP contribution in [0.5, 0.6) is 0 Å². The average molecular weight is 261 g/mol. The van der Waals surface area contributed by atoms with Crippen LogP contribution in [-0.2, 0) is 15.0 Å². The molecule has 17 heavy (non-hydrogen) atoms. The summed E-state index contributed by atoms with van der Waals surface area (Å²) in [6.07, 6.45) is 1.80. The van der Waals surface area contributed by atoms with E-state index in [0.717, 1.165) is 12.8 Å². The van der Waals surface area contributed by atoms with Crippen molar-refractivity contribution in [2.75, 3.05) is 26.2 Å². The number of piperazine rings is 1. The fraction of sp³-hybridized carbons (Fsp3) is 0.900. The van der Waals surface area contributed by atoms with Gasteiger partial charge in [0.1, 0.15) is 5.54 Å². The van der Waals surface area contributed by atoms with Gasteiger partial charge in [-0.25, -0.2) is 0 Å². The second-order valence-corrected chi connectivity index (χ2v) is 6.85.